The van der Waals surface area contributed by atoms with Crippen LogP contribution < -0.4 is 0 Å². The minimum atomic E-state index is 0.0359. The zero-order valence-corrected chi connectivity index (χ0v) is 15.4. The van der Waals surface area contributed by atoms with E-state index < -0.39 is 0 Å². The number of carbonyl (C=O) groups is 1. The monoisotopic (exact) mass is 358 g/mol. The molecule has 0 N–H and O–H groups in total. The van der Waals surface area contributed by atoms with Crippen LogP contribution in [0.5, 0.6) is 0 Å². The minimum Gasteiger partial charge on any atom is -0.338 e. The molecule has 1 saturated heterocycles. The molecule has 1 aromatic carbocycles. The van der Waals surface area contributed by atoms with Crippen LogP contribution in [0.4, 0.5) is 0 Å². The summed E-state index contributed by atoms with van der Waals surface area (Å²) in [7, 11) is 0. The van der Waals surface area contributed by atoms with Gasteiger partial charge in [-0.3, -0.25) is 19.7 Å². The maximum atomic E-state index is 12.8. The SMILES string of the molecule is Cc1cccc(-c2nccnc2[C@H]2CCCN(C(=O)c3cccnc3)C2)c1. The zero-order valence-electron chi connectivity index (χ0n) is 15.4. The second-order valence-electron chi connectivity index (χ2n) is 6.99. The van der Waals surface area contributed by atoms with E-state index in [2.05, 4.69) is 40.1 Å². The van der Waals surface area contributed by atoms with Crippen molar-refractivity contribution in [3.05, 3.63) is 78.0 Å². The number of piperidine rings is 1. The van der Waals surface area contributed by atoms with Crippen LogP contribution in [-0.2, 0) is 0 Å². The predicted octanol–water partition coefficient (Wildman–Crippen LogP) is 3.87. The summed E-state index contributed by atoms with van der Waals surface area (Å²) in [4.78, 5) is 28.1. The van der Waals surface area contributed by atoms with Gasteiger partial charge >= 0.3 is 0 Å². The van der Waals surface area contributed by atoms with Crippen molar-refractivity contribution in [3.8, 4) is 11.3 Å². The van der Waals surface area contributed by atoms with E-state index in [0.717, 1.165) is 36.3 Å². The highest BCUT2D eigenvalue weighted by Gasteiger charge is 2.28. The first-order chi connectivity index (χ1) is 13.2. The summed E-state index contributed by atoms with van der Waals surface area (Å²) in [6.07, 6.45) is 8.77. The van der Waals surface area contributed by atoms with E-state index in [0.29, 0.717) is 12.1 Å². The lowest BCUT2D eigenvalue weighted by Crippen LogP contribution is -2.39. The van der Waals surface area contributed by atoms with Gasteiger partial charge in [-0.05, 0) is 38.0 Å². The Labute approximate surface area is 159 Å². The molecule has 1 fully saturated rings. The van der Waals surface area contributed by atoms with Crippen molar-refractivity contribution in [1.82, 2.24) is 19.9 Å². The molecule has 0 saturated carbocycles. The van der Waals surface area contributed by atoms with Gasteiger partial charge in [0.05, 0.1) is 17.0 Å². The molecule has 5 nitrogen and oxygen atoms in total. The number of rotatable bonds is 3. The van der Waals surface area contributed by atoms with Crippen molar-refractivity contribution in [2.24, 2.45) is 0 Å². The fourth-order valence-electron chi connectivity index (χ4n) is 3.72. The highest BCUT2D eigenvalue weighted by atomic mass is 16.2. The molecule has 2 aromatic heterocycles. The second-order valence-corrected chi connectivity index (χ2v) is 6.99. The van der Waals surface area contributed by atoms with Gasteiger partial charge in [0, 0.05) is 49.4 Å². The molecule has 27 heavy (non-hydrogen) atoms. The van der Waals surface area contributed by atoms with Crippen LogP contribution in [0.25, 0.3) is 11.3 Å². The lowest BCUT2D eigenvalue weighted by molar-refractivity contribution is 0.0705. The number of hydrogen-bond acceptors (Lipinski definition) is 4. The van der Waals surface area contributed by atoms with Crippen LogP contribution in [-0.4, -0.2) is 38.8 Å². The van der Waals surface area contributed by atoms with E-state index in [1.54, 1.807) is 30.9 Å². The smallest absolute Gasteiger partial charge is 0.255 e. The van der Waals surface area contributed by atoms with Gasteiger partial charge in [-0.1, -0.05) is 23.8 Å². The van der Waals surface area contributed by atoms with Gasteiger partial charge in [-0.25, -0.2) is 0 Å². The van der Waals surface area contributed by atoms with Crippen LogP contribution in [0.3, 0.4) is 0 Å². The molecular weight excluding hydrogens is 336 g/mol. The number of aromatic nitrogens is 3. The summed E-state index contributed by atoms with van der Waals surface area (Å²) >= 11 is 0. The Morgan fingerprint density at radius 2 is 2.00 bits per heavy atom. The lowest BCUT2D eigenvalue weighted by atomic mass is 9.91. The highest BCUT2D eigenvalue weighted by Crippen LogP contribution is 2.32. The van der Waals surface area contributed by atoms with E-state index in [9.17, 15) is 4.79 Å². The van der Waals surface area contributed by atoms with Gasteiger partial charge in [0.15, 0.2) is 0 Å². The standard InChI is InChI=1S/C22H22N4O/c1-16-5-2-6-17(13-16)20-21(25-11-10-24-20)19-8-4-12-26(15-19)22(27)18-7-3-9-23-14-18/h2-3,5-7,9-11,13-14,19H,4,8,12,15H2,1H3/t19-/m0/s1. The van der Waals surface area contributed by atoms with Crippen LogP contribution in [0.15, 0.2) is 61.2 Å². The van der Waals surface area contributed by atoms with Crippen LogP contribution in [0.2, 0.25) is 0 Å². The predicted molar refractivity (Wildman–Crippen MR) is 104 cm³/mol. The Morgan fingerprint density at radius 1 is 1.11 bits per heavy atom. The number of nitrogens with zero attached hydrogens (tertiary/aromatic N) is 4. The van der Waals surface area contributed by atoms with Crippen molar-refractivity contribution in [2.45, 2.75) is 25.7 Å². The maximum Gasteiger partial charge on any atom is 0.255 e. The van der Waals surface area contributed by atoms with E-state index in [-0.39, 0.29) is 11.8 Å². The van der Waals surface area contributed by atoms with Gasteiger partial charge in [-0.2, -0.15) is 0 Å². The number of pyridine rings is 1. The largest absolute Gasteiger partial charge is 0.338 e. The molecule has 4 rings (SSSR count). The summed E-state index contributed by atoms with van der Waals surface area (Å²) in [5.74, 6) is 0.220. The molecule has 1 amide bonds. The Balaban J connectivity index is 1.62. The number of amides is 1. The first-order valence-electron chi connectivity index (χ1n) is 9.29. The van der Waals surface area contributed by atoms with Crippen LogP contribution in [0.1, 0.15) is 40.4 Å². The molecule has 0 spiro atoms. The molecule has 0 bridgehead atoms. The van der Waals surface area contributed by atoms with Crippen LogP contribution >= 0.6 is 0 Å². The lowest BCUT2D eigenvalue weighted by Gasteiger charge is -2.33. The average molecular weight is 358 g/mol. The molecule has 5 heteroatoms. The topological polar surface area (TPSA) is 59.0 Å². The minimum absolute atomic E-state index is 0.0359. The van der Waals surface area contributed by atoms with Gasteiger partial charge in [0.25, 0.3) is 5.91 Å². The number of aryl methyl sites for hydroxylation is 1. The van der Waals surface area contributed by atoms with E-state index in [1.165, 1.54) is 5.56 Å². The molecule has 3 heterocycles. The third-order valence-electron chi connectivity index (χ3n) is 5.02. The van der Waals surface area contributed by atoms with Crippen molar-refractivity contribution in [3.63, 3.8) is 0 Å². The summed E-state index contributed by atoms with van der Waals surface area (Å²) in [5, 5.41) is 0. The van der Waals surface area contributed by atoms with E-state index in [1.807, 2.05) is 17.0 Å². The summed E-state index contributed by atoms with van der Waals surface area (Å²) < 4.78 is 0. The molecule has 0 radical (unpaired) electrons. The van der Waals surface area contributed by atoms with Crippen LogP contribution in [0, 0.1) is 6.92 Å². The maximum absolute atomic E-state index is 12.8. The highest BCUT2D eigenvalue weighted by molar-refractivity contribution is 5.94. The summed E-state index contributed by atoms with van der Waals surface area (Å²) in [6.45, 7) is 3.50. The van der Waals surface area contributed by atoms with Crippen molar-refractivity contribution in [2.75, 3.05) is 13.1 Å². The van der Waals surface area contributed by atoms with E-state index >= 15 is 0 Å². The quantitative estimate of drug-likeness (QED) is 0.713. The fourth-order valence-corrected chi connectivity index (χ4v) is 3.72. The fraction of sp³-hybridized carbons (Fsp3) is 0.273. The van der Waals surface area contributed by atoms with Gasteiger partial charge in [0.2, 0.25) is 0 Å². The number of likely N-dealkylation sites (tertiary alicyclic amines) is 1. The van der Waals surface area contributed by atoms with Gasteiger partial charge < -0.3 is 4.90 Å². The zero-order chi connectivity index (χ0) is 18.6. The molecule has 3 aromatic rings. The summed E-state index contributed by atoms with van der Waals surface area (Å²) in [6, 6.07) is 11.9. The van der Waals surface area contributed by atoms with Gasteiger partial charge in [-0.15, -0.1) is 0 Å². The Morgan fingerprint density at radius 3 is 2.81 bits per heavy atom. The van der Waals surface area contributed by atoms with Crippen molar-refractivity contribution >= 4 is 5.91 Å². The molecule has 1 aliphatic heterocycles. The third-order valence-corrected chi connectivity index (χ3v) is 5.02. The van der Waals surface area contributed by atoms with Crippen molar-refractivity contribution in [1.29, 1.82) is 0 Å². The molecule has 1 aliphatic rings. The molecular formula is C22H22N4O. The molecule has 0 aliphatic carbocycles. The summed E-state index contributed by atoms with van der Waals surface area (Å²) in [5.41, 5.74) is 4.81. The number of benzene rings is 1. The van der Waals surface area contributed by atoms with E-state index in [4.69, 9.17) is 0 Å². The normalized spacial score (nSPS) is 16.9. The van der Waals surface area contributed by atoms with Crippen molar-refractivity contribution < 1.29 is 4.79 Å². The van der Waals surface area contributed by atoms with Gasteiger partial charge in [0.1, 0.15) is 0 Å². The first kappa shape index (κ1) is 17.3. The Kier molecular flexibility index (Phi) is 4.92. The third kappa shape index (κ3) is 3.72. The number of carbonyl (C=O) groups excluding carboxylic acids is 1. The molecule has 136 valence electrons. The number of hydrogen-bond donors (Lipinski definition) is 0. The Bertz CT molecular complexity index is 942. The average Bonchev–Trinajstić information content (AvgIpc) is 2.74. The first-order valence-corrected chi connectivity index (χ1v) is 9.29. The molecule has 1 atom stereocenters. The second kappa shape index (κ2) is 7.66. The Hall–Kier alpha value is -3.08. The molecule has 0 unspecified atom stereocenters.